The Bertz CT molecular complexity index is 1340. The standard InChI is InChI=1S/C29H21F2NS/c30-27-16-26(17-28(31)29(27)32-18-33)24-11-10-23-13-22(14-25(23)15-24)9-6-19-4-7-21(8-5-19)12-20-2-1-3-20/h4-5,7-8,10-11,13,15-17,20H,1-3,12,14H2. The number of thiocarbonyl (C=S) groups is 1. The highest BCUT2D eigenvalue weighted by atomic mass is 32.1. The van der Waals surface area contributed by atoms with Crippen LogP contribution in [0.3, 0.4) is 0 Å². The van der Waals surface area contributed by atoms with Gasteiger partial charge < -0.3 is 0 Å². The van der Waals surface area contributed by atoms with E-state index in [1.165, 1.54) is 43.4 Å². The summed E-state index contributed by atoms with van der Waals surface area (Å²) in [6.07, 6.45) is 8.04. The van der Waals surface area contributed by atoms with Gasteiger partial charge in [-0.05, 0) is 82.7 Å². The Balaban J connectivity index is 1.30. The van der Waals surface area contributed by atoms with E-state index in [4.69, 9.17) is 0 Å². The van der Waals surface area contributed by atoms with Crippen LogP contribution in [0, 0.1) is 29.4 Å². The summed E-state index contributed by atoms with van der Waals surface area (Å²) in [4.78, 5) is 3.47. The van der Waals surface area contributed by atoms with E-state index in [2.05, 4.69) is 59.4 Å². The van der Waals surface area contributed by atoms with E-state index in [1.54, 1.807) is 0 Å². The van der Waals surface area contributed by atoms with E-state index in [0.29, 0.717) is 12.0 Å². The van der Waals surface area contributed by atoms with Gasteiger partial charge in [-0.2, -0.15) is 4.99 Å². The van der Waals surface area contributed by atoms with Gasteiger partial charge in [-0.15, -0.1) is 0 Å². The average molecular weight is 454 g/mol. The number of isothiocyanates is 1. The second kappa shape index (κ2) is 9.24. The van der Waals surface area contributed by atoms with E-state index in [0.717, 1.165) is 33.7 Å². The van der Waals surface area contributed by atoms with Crippen LogP contribution in [0.15, 0.2) is 65.2 Å². The SMILES string of the molecule is Fc1cc(-c2ccc3c(c2)CC(C#Cc2ccc(CC4CCC4)cc2)=C3)cc(F)c1N=C=S. The Hall–Kier alpha value is -3.38. The van der Waals surface area contributed by atoms with Crippen LogP contribution in [0.2, 0.25) is 0 Å². The van der Waals surface area contributed by atoms with E-state index >= 15 is 0 Å². The predicted octanol–water partition coefficient (Wildman–Crippen LogP) is 7.70. The number of hydrogen-bond acceptors (Lipinski definition) is 2. The average Bonchev–Trinajstić information content (AvgIpc) is 3.20. The third-order valence-corrected chi connectivity index (χ3v) is 6.52. The van der Waals surface area contributed by atoms with Crippen molar-refractivity contribution in [2.75, 3.05) is 0 Å². The minimum Gasteiger partial charge on any atom is -0.204 e. The quantitative estimate of drug-likeness (QED) is 0.224. The van der Waals surface area contributed by atoms with E-state index in [9.17, 15) is 8.78 Å². The highest BCUT2D eigenvalue weighted by Crippen LogP contribution is 2.33. The van der Waals surface area contributed by atoms with E-state index in [-0.39, 0.29) is 0 Å². The first-order valence-corrected chi connectivity index (χ1v) is 11.5. The number of hydrogen-bond donors (Lipinski definition) is 0. The van der Waals surface area contributed by atoms with Crippen LogP contribution in [0.1, 0.15) is 41.5 Å². The molecule has 5 rings (SSSR count). The maximum Gasteiger partial charge on any atom is 0.153 e. The Morgan fingerprint density at radius 3 is 2.33 bits per heavy atom. The lowest BCUT2D eigenvalue weighted by Gasteiger charge is -2.25. The van der Waals surface area contributed by atoms with Crippen LogP contribution < -0.4 is 0 Å². The zero-order valence-electron chi connectivity index (χ0n) is 18.0. The molecule has 4 heteroatoms. The molecule has 0 bridgehead atoms. The lowest BCUT2D eigenvalue weighted by atomic mass is 9.81. The van der Waals surface area contributed by atoms with Crippen LogP contribution in [-0.4, -0.2) is 5.16 Å². The molecule has 0 unspecified atom stereocenters. The van der Waals surface area contributed by atoms with Crippen LogP contribution >= 0.6 is 12.2 Å². The molecule has 0 aliphatic heterocycles. The first-order chi connectivity index (χ1) is 16.1. The summed E-state index contributed by atoms with van der Waals surface area (Å²) >= 11 is 4.46. The molecule has 162 valence electrons. The summed E-state index contributed by atoms with van der Waals surface area (Å²) in [5.41, 5.74) is 6.40. The molecule has 0 aromatic heterocycles. The molecule has 0 amide bonds. The third kappa shape index (κ3) is 4.71. The normalized spacial score (nSPS) is 14.4. The molecule has 0 radical (unpaired) electrons. The fourth-order valence-electron chi connectivity index (χ4n) is 4.39. The van der Waals surface area contributed by atoms with Gasteiger partial charge in [0.2, 0.25) is 0 Å². The number of rotatable bonds is 4. The molecule has 2 aliphatic carbocycles. The van der Waals surface area contributed by atoms with Crippen molar-refractivity contribution in [2.24, 2.45) is 10.9 Å². The number of aliphatic imine (C=N–C) groups is 1. The first-order valence-electron chi connectivity index (χ1n) is 11.1. The zero-order valence-corrected chi connectivity index (χ0v) is 18.8. The van der Waals surface area contributed by atoms with Gasteiger partial charge in [0.1, 0.15) is 5.69 Å². The molecule has 0 atom stereocenters. The Labute approximate surface area is 197 Å². The molecule has 0 heterocycles. The van der Waals surface area contributed by atoms with Crippen molar-refractivity contribution in [2.45, 2.75) is 32.1 Å². The largest absolute Gasteiger partial charge is 0.204 e. The lowest BCUT2D eigenvalue weighted by molar-refractivity contribution is 0.314. The van der Waals surface area contributed by atoms with Crippen LogP contribution in [0.4, 0.5) is 14.5 Å². The Kier molecular flexibility index (Phi) is 6.01. The number of fused-ring (bicyclic) bond motifs is 1. The molecule has 0 spiro atoms. The fourth-order valence-corrected chi connectivity index (χ4v) is 4.49. The first kappa shape index (κ1) is 21.5. The number of nitrogens with zero attached hydrogens (tertiary/aromatic N) is 1. The van der Waals surface area contributed by atoms with Gasteiger partial charge in [-0.25, -0.2) is 8.78 Å². The third-order valence-electron chi connectivity index (χ3n) is 6.43. The van der Waals surface area contributed by atoms with Gasteiger partial charge in [-0.3, -0.25) is 0 Å². The van der Waals surface area contributed by atoms with Crippen molar-refractivity contribution in [3.8, 4) is 23.0 Å². The molecule has 3 aromatic rings. The van der Waals surface area contributed by atoms with Crippen molar-refractivity contribution in [1.29, 1.82) is 0 Å². The maximum atomic E-state index is 14.2. The van der Waals surface area contributed by atoms with Crippen molar-refractivity contribution >= 4 is 29.1 Å². The summed E-state index contributed by atoms with van der Waals surface area (Å²) in [5, 5.41) is 2.01. The number of halogens is 2. The Morgan fingerprint density at radius 1 is 0.909 bits per heavy atom. The molecule has 1 nitrogen and oxygen atoms in total. The zero-order chi connectivity index (χ0) is 22.8. The molecule has 1 saturated carbocycles. The van der Waals surface area contributed by atoms with Crippen LogP contribution in [0.5, 0.6) is 0 Å². The highest BCUT2D eigenvalue weighted by Gasteiger charge is 2.17. The van der Waals surface area contributed by atoms with Crippen LogP contribution in [-0.2, 0) is 12.8 Å². The van der Waals surface area contributed by atoms with Gasteiger partial charge in [0.25, 0.3) is 0 Å². The smallest absolute Gasteiger partial charge is 0.153 e. The minimum atomic E-state index is -0.758. The lowest BCUT2D eigenvalue weighted by Crippen LogP contribution is -2.13. The van der Waals surface area contributed by atoms with Gasteiger partial charge in [0.15, 0.2) is 11.6 Å². The van der Waals surface area contributed by atoms with Gasteiger partial charge >= 0.3 is 0 Å². The number of allylic oxidation sites excluding steroid dienone is 1. The summed E-state index contributed by atoms with van der Waals surface area (Å²) in [5.74, 6) is 5.90. The second-order valence-electron chi connectivity index (χ2n) is 8.70. The molecule has 1 fully saturated rings. The minimum absolute atomic E-state index is 0.412. The summed E-state index contributed by atoms with van der Waals surface area (Å²) in [7, 11) is 0. The molecular formula is C29H21F2NS. The Morgan fingerprint density at radius 2 is 1.67 bits per heavy atom. The van der Waals surface area contributed by atoms with Gasteiger partial charge in [-0.1, -0.05) is 61.4 Å². The topological polar surface area (TPSA) is 12.4 Å². The fraction of sp³-hybridized carbons (Fsp3) is 0.207. The summed E-state index contributed by atoms with van der Waals surface area (Å²) in [6, 6.07) is 16.9. The highest BCUT2D eigenvalue weighted by molar-refractivity contribution is 7.78. The molecule has 33 heavy (non-hydrogen) atoms. The van der Waals surface area contributed by atoms with Crippen molar-refractivity contribution in [3.63, 3.8) is 0 Å². The number of benzene rings is 3. The molecule has 0 saturated heterocycles. The van der Waals surface area contributed by atoms with Gasteiger partial charge in [0.05, 0.1) is 5.16 Å². The molecule has 3 aromatic carbocycles. The maximum absolute atomic E-state index is 14.2. The molecular weight excluding hydrogens is 432 g/mol. The van der Waals surface area contributed by atoms with Crippen molar-refractivity contribution in [1.82, 2.24) is 0 Å². The van der Waals surface area contributed by atoms with E-state index in [1.807, 2.05) is 23.4 Å². The summed E-state index contributed by atoms with van der Waals surface area (Å²) < 4.78 is 28.5. The molecule has 2 aliphatic rings. The molecule has 0 N–H and O–H groups in total. The van der Waals surface area contributed by atoms with Gasteiger partial charge in [0, 0.05) is 17.6 Å². The van der Waals surface area contributed by atoms with E-state index < -0.39 is 17.3 Å². The van der Waals surface area contributed by atoms with Crippen molar-refractivity contribution in [3.05, 3.63) is 94.1 Å². The van der Waals surface area contributed by atoms with Crippen molar-refractivity contribution < 1.29 is 8.78 Å². The predicted molar refractivity (Wildman–Crippen MR) is 133 cm³/mol. The summed E-state index contributed by atoms with van der Waals surface area (Å²) in [6.45, 7) is 0. The van der Waals surface area contributed by atoms with Crippen LogP contribution in [0.25, 0.3) is 17.2 Å². The monoisotopic (exact) mass is 453 g/mol. The second-order valence-corrected chi connectivity index (χ2v) is 8.88.